The van der Waals surface area contributed by atoms with Crippen LogP contribution in [0.15, 0.2) is 22.9 Å². The van der Waals surface area contributed by atoms with Gasteiger partial charge in [-0.15, -0.1) is 0 Å². The summed E-state index contributed by atoms with van der Waals surface area (Å²) in [7, 11) is 1.55. The third-order valence-electron chi connectivity index (χ3n) is 1.60. The summed E-state index contributed by atoms with van der Waals surface area (Å²) in [5.41, 5.74) is 4.15. The average molecular weight is 179 g/mol. The zero-order chi connectivity index (χ0) is 9.10. The minimum atomic E-state index is 0.450. The maximum atomic E-state index is 5.38. The molecule has 0 atom stereocenters. The van der Waals surface area contributed by atoms with E-state index in [0.29, 0.717) is 12.4 Å². The lowest BCUT2D eigenvalue weighted by molar-refractivity contribution is 0.0810. The predicted octanol–water partition coefficient (Wildman–Crippen LogP) is 0.874. The molecule has 1 N–H and O–H groups in total. The van der Waals surface area contributed by atoms with Gasteiger partial charge in [-0.2, -0.15) is 5.48 Å². The van der Waals surface area contributed by atoms with E-state index in [1.165, 1.54) is 0 Å². The minimum absolute atomic E-state index is 0.450. The summed E-state index contributed by atoms with van der Waals surface area (Å²) in [5, 5.41) is 0. The van der Waals surface area contributed by atoms with E-state index >= 15 is 0 Å². The Bertz CT molecular complexity index is 366. The quantitative estimate of drug-likeness (QED) is 0.708. The van der Waals surface area contributed by atoms with Gasteiger partial charge in [-0.05, 0) is 0 Å². The Morgan fingerprint density at radius 2 is 2.54 bits per heavy atom. The van der Waals surface area contributed by atoms with Crippen LogP contribution in [0.4, 0.5) is 0 Å². The van der Waals surface area contributed by atoms with Crippen molar-refractivity contribution in [3.63, 3.8) is 0 Å². The Hall–Kier alpha value is -1.46. The van der Waals surface area contributed by atoms with Crippen LogP contribution in [0.2, 0.25) is 0 Å². The van der Waals surface area contributed by atoms with Gasteiger partial charge in [-0.25, -0.2) is 4.98 Å². The molecule has 2 aromatic heterocycles. The molecular weight excluding hydrogens is 170 g/mol. The van der Waals surface area contributed by atoms with Gasteiger partial charge < -0.3 is 9.25 Å². The number of nitrogens with one attached hydrogen (secondary N) is 1. The first kappa shape index (κ1) is 8.15. The molecule has 0 spiro atoms. The fraction of sp³-hybridized carbons (Fsp3) is 0.250. The number of pyridine rings is 1. The molecule has 0 bridgehead atoms. The van der Waals surface area contributed by atoms with Gasteiger partial charge in [0, 0.05) is 12.3 Å². The molecule has 5 nitrogen and oxygen atoms in total. The second kappa shape index (κ2) is 3.51. The van der Waals surface area contributed by atoms with Crippen molar-refractivity contribution >= 4 is 11.1 Å². The predicted molar refractivity (Wildman–Crippen MR) is 45.7 cm³/mol. The van der Waals surface area contributed by atoms with Crippen LogP contribution in [0.25, 0.3) is 11.1 Å². The number of aromatic nitrogens is 2. The molecule has 0 aromatic carbocycles. The molecular formula is C8H9N3O2. The van der Waals surface area contributed by atoms with E-state index < -0.39 is 0 Å². The van der Waals surface area contributed by atoms with E-state index in [2.05, 4.69) is 20.3 Å². The topological polar surface area (TPSA) is 60.2 Å². The Morgan fingerprint density at radius 1 is 1.62 bits per heavy atom. The van der Waals surface area contributed by atoms with Crippen molar-refractivity contribution in [1.82, 2.24) is 15.4 Å². The van der Waals surface area contributed by atoms with Gasteiger partial charge in [0.1, 0.15) is 5.52 Å². The summed E-state index contributed by atoms with van der Waals surface area (Å²) >= 11 is 0. The van der Waals surface area contributed by atoms with Crippen molar-refractivity contribution in [3.05, 3.63) is 24.4 Å². The maximum Gasteiger partial charge on any atom is 0.211 e. The van der Waals surface area contributed by atoms with Gasteiger partial charge in [0.25, 0.3) is 0 Å². The van der Waals surface area contributed by atoms with Crippen LogP contribution in [0.3, 0.4) is 0 Å². The molecule has 2 aromatic rings. The third-order valence-corrected chi connectivity index (χ3v) is 1.60. The Morgan fingerprint density at radius 3 is 3.31 bits per heavy atom. The molecule has 0 amide bonds. The van der Waals surface area contributed by atoms with E-state index in [1.54, 1.807) is 25.6 Å². The minimum Gasteiger partial charge on any atom is -0.439 e. The van der Waals surface area contributed by atoms with Gasteiger partial charge >= 0.3 is 0 Å². The Kier molecular flexibility index (Phi) is 2.20. The summed E-state index contributed by atoms with van der Waals surface area (Å²) in [4.78, 5) is 12.8. The molecule has 68 valence electrons. The highest BCUT2D eigenvalue weighted by Crippen LogP contribution is 2.12. The van der Waals surface area contributed by atoms with E-state index in [1.807, 2.05) is 0 Å². The van der Waals surface area contributed by atoms with Crippen molar-refractivity contribution in [2.75, 3.05) is 7.11 Å². The fourth-order valence-electron chi connectivity index (χ4n) is 1.04. The van der Waals surface area contributed by atoms with E-state index in [0.717, 1.165) is 11.1 Å². The first-order chi connectivity index (χ1) is 6.40. The molecule has 0 fully saturated rings. The molecule has 0 aliphatic heterocycles. The second-order valence-electron chi connectivity index (χ2n) is 2.48. The lowest BCUT2D eigenvalue weighted by atomic mass is 10.4. The highest BCUT2D eigenvalue weighted by atomic mass is 16.6. The number of hydroxylamine groups is 1. The number of fused-ring (bicyclic) bond motifs is 1. The Labute approximate surface area is 74.7 Å². The molecule has 2 heterocycles. The zero-order valence-electron chi connectivity index (χ0n) is 7.15. The van der Waals surface area contributed by atoms with Crippen molar-refractivity contribution in [3.8, 4) is 0 Å². The summed E-state index contributed by atoms with van der Waals surface area (Å²) in [5.74, 6) is 0.588. The van der Waals surface area contributed by atoms with Crippen LogP contribution in [-0.4, -0.2) is 17.1 Å². The van der Waals surface area contributed by atoms with Gasteiger partial charge in [0.15, 0.2) is 5.58 Å². The van der Waals surface area contributed by atoms with Crippen molar-refractivity contribution in [2.24, 2.45) is 0 Å². The Balaban J connectivity index is 2.28. The highest BCUT2D eigenvalue weighted by molar-refractivity contribution is 5.70. The third kappa shape index (κ3) is 1.66. The number of oxazole rings is 1. The summed E-state index contributed by atoms with van der Waals surface area (Å²) in [6, 6.07) is 1.78. The lowest BCUT2D eigenvalue weighted by Crippen LogP contribution is -2.10. The molecule has 13 heavy (non-hydrogen) atoms. The van der Waals surface area contributed by atoms with E-state index in [4.69, 9.17) is 4.42 Å². The van der Waals surface area contributed by atoms with Gasteiger partial charge in [0.05, 0.1) is 19.9 Å². The van der Waals surface area contributed by atoms with Crippen LogP contribution in [0, 0.1) is 0 Å². The van der Waals surface area contributed by atoms with E-state index in [-0.39, 0.29) is 0 Å². The van der Waals surface area contributed by atoms with E-state index in [9.17, 15) is 0 Å². The van der Waals surface area contributed by atoms with Crippen molar-refractivity contribution in [1.29, 1.82) is 0 Å². The van der Waals surface area contributed by atoms with Crippen LogP contribution in [0.1, 0.15) is 5.89 Å². The highest BCUT2D eigenvalue weighted by Gasteiger charge is 2.03. The number of hydrogen-bond donors (Lipinski definition) is 1. The molecule has 0 radical (unpaired) electrons. The molecule has 0 aliphatic carbocycles. The smallest absolute Gasteiger partial charge is 0.211 e. The lowest BCUT2D eigenvalue weighted by Gasteiger charge is -1.94. The summed E-state index contributed by atoms with van der Waals surface area (Å²) in [6.07, 6.45) is 3.33. The SMILES string of the molecule is CONCc1nc2cnccc2o1. The molecule has 0 unspecified atom stereocenters. The van der Waals surface area contributed by atoms with Crippen molar-refractivity contribution < 1.29 is 9.25 Å². The maximum absolute atomic E-state index is 5.38. The van der Waals surface area contributed by atoms with Crippen LogP contribution >= 0.6 is 0 Å². The fourth-order valence-corrected chi connectivity index (χ4v) is 1.04. The number of hydrogen-bond acceptors (Lipinski definition) is 5. The van der Waals surface area contributed by atoms with Crippen LogP contribution in [-0.2, 0) is 11.4 Å². The monoisotopic (exact) mass is 179 g/mol. The largest absolute Gasteiger partial charge is 0.439 e. The normalized spacial score (nSPS) is 10.8. The first-order valence-corrected chi connectivity index (χ1v) is 3.85. The standard InChI is InChI=1S/C8H9N3O2/c1-12-10-5-8-11-6-4-9-3-2-7(6)13-8/h2-4,10H,5H2,1H3. The number of nitrogens with zero attached hydrogens (tertiary/aromatic N) is 2. The van der Waals surface area contributed by atoms with Gasteiger partial charge in [0.2, 0.25) is 5.89 Å². The second-order valence-corrected chi connectivity index (χ2v) is 2.48. The molecule has 2 rings (SSSR count). The molecule has 0 saturated heterocycles. The van der Waals surface area contributed by atoms with Gasteiger partial charge in [-0.1, -0.05) is 0 Å². The van der Waals surface area contributed by atoms with Crippen LogP contribution < -0.4 is 5.48 Å². The summed E-state index contributed by atoms with van der Waals surface area (Å²) < 4.78 is 5.38. The molecule has 0 saturated carbocycles. The first-order valence-electron chi connectivity index (χ1n) is 3.85. The summed E-state index contributed by atoms with van der Waals surface area (Å²) in [6.45, 7) is 0.450. The van der Waals surface area contributed by atoms with Crippen LogP contribution in [0.5, 0.6) is 0 Å². The number of rotatable bonds is 3. The van der Waals surface area contributed by atoms with Gasteiger partial charge in [-0.3, -0.25) is 4.98 Å². The van der Waals surface area contributed by atoms with Crippen molar-refractivity contribution in [2.45, 2.75) is 6.54 Å². The molecule has 0 aliphatic rings. The molecule has 5 heteroatoms. The zero-order valence-corrected chi connectivity index (χ0v) is 7.15. The average Bonchev–Trinajstić information content (AvgIpc) is 2.57.